The number of alkyl halides is 2. The molecule has 2 atom stereocenters. The summed E-state index contributed by atoms with van der Waals surface area (Å²) in [4.78, 5) is 25.5. The van der Waals surface area contributed by atoms with Gasteiger partial charge in [-0.15, -0.1) is 23.2 Å². The second kappa shape index (κ2) is 9.61. The third kappa shape index (κ3) is 5.14. The van der Waals surface area contributed by atoms with Crippen LogP contribution in [-0.2, 0) is 4.79 Å². The third-order valence-corrected chi connectivity index (χ3v) is 7.20. The molecule has 0 heterocycles. The van der Waals surface area contributed by atoms with E-state index in [1.54, 1.807) is 0 Å². The molecule has 0 unspecified atom stereocenters. The van der Waals surface area contributed by atoms with E-state index in [4.69, 9.17) is 34.8 Å². The summed E-state index contributed by atoms with van der Waals surface area (Å²) in [5.74, 6) is -7.04. The van der Waals surface area contributed by atoms with Crippen LogP contribution in [0.2, 0.25) is 5.02 Å². The predicted octanol–water partition coefficient (Wildman–Crippen LogP) is 7.44. The molecule has 0 aromatic heterocycles. The van der Waals surface area contributed by atoms with Crippen molar-refractivity contribution in [3.63, 3.8) is 0 Å². The van der Waals surface area contributed by atoms with Crippen LogP contribution in [0.25, 0.3) is 0 Å². The maximum atomic E-state index is 14.5. The summed E-state index contributed by atoms with van der Waals surface area (Å²) >= 11 is 21.4. The van der Waals surface area contributed by atoms with E-state index in [9.17, 15) is 27.2 Å². The van der Waals surface area contributed by atoms with E-state index in [-0.39, 0.29) is 32.0 Å². The molecule has 2 N–H and O–H groups in total. The third-order valence-electron chi connectivity index (χ3n) is 5.35. The van der Waals surface area contributed by atoms with E-state index in [1.165, 1.54) is 18.2 Å². The molecule has 12 heteroatoms. The Morgan fingerprint density at radius 1 is 0.914 bits per heavy atom. The average Bonchev–Trinajstić information content (AvgIpc) is 3.35. The van der Waals surface area contributed by atoms with Gasteiger partial charge in [-0.1, -0.05) is 11.6 Å². The van der Waals surface area contributed by atoms with Gasteiger partial charge < -0.3 is 10.6 Å². The van der Waals surface area contributed by atoms with E-state index in [2.05, 4.69) is 26.6 Å². The molecule has 1 aliphatic carbocycles. The second-order valence-corrected chi connectivity index (χ2v) is 10.4. The normalized spacial score (nSPS) is 18.2. The van der Waals surface area contributed by atoms with Gasteiger partial charge in [0.25, 0.3) is 5.91 Å². The molecular formula is C23H12BrCl3F4N2O2. The Balaban J connectivity index is 1.54. The molecule has 3 aromatic carbocycles. The Bertz CT molecular complexity index is 1370. The molecule has 3 aromatic rings. The summed E-state index contributed by atoms with van der Waals surface area (Å²) in [6.45, 7) is 0. The van der Waals surface area contributed by atoms with Crippen molar-refractivity contribution in [3.05, 3.63) is 92.4 Å². The SMILES string of the molecule is O=C(Nc1ccc(F)cc1F)c1cc(NC(=O)[C@H]2[C@H](c3cc(F)cc(Br)c3F)C2(Cl)Cl)ccc1Cl. The first-order valence-corrected chi connectivity index (χ1v) is 11.7. The van der Waals surface area contributed by atoms with Crippen molar-refractivity contribution >= 4 is 73.9 Å². The number of hydrogen-bond donors (Lipinski definition) is 2. The summed E-state index contributed by atoms with van der Waals surface area (Å²) in [6.07, 6.45) is 0. The molecule has 182 valence electrons. The summed E-state index contributed by atoms with van der Waals surface area (Å²) in [5, 5.41) is 4.77. The van der Waals surface area contributed by atoms with Crippen LogP contribution in [0.5, 0.6) is 0 Å². The molecule has 0 saturated heterocycles. The smallest absolute Gasteiger partial charge is 0.257 e. The van der Waals surface area contributed by atoms with Gasteiger partial charge in [-0.25, -0.2) is 17.6 Å². The largest absolute Gasteiger partial charge is 0.326 e. The number of carbonyl (C=O) groups excluding carboxylic acids is 2. The fraction of sp³-hybridized carbons (Fsp3) is 0.130. The quantitative estimate of drug-likeness (QED) is 0.179. The first-order chi connectivity index (χ1) is 16.4. The highest BCUT2D eigenvalue weighted by atomic mass is 79.9. The molecule has 35 heavy (non-hydrogen) atoms. The Kier molecular flexibility index (Phi) is 7.07. The summed E-state index contributed by atoms with van der Waals surface area (Å²) in [6, 6.07) is 8.37. The van der Waals surface area contributed by atoms with Crippen LogP contribution < -0.4 is 10.6 Å². The lowest BCUT2D eigenvalue weighted by molar-refractivity contribution is -0.117. The first-order valence-electron chi connectivity index (χ1n) is 9.79. The summed E-state index contributed by atoms with van der Waals surface area (Å²) in [5.41, 5.74) is -0.456. The predicted molar refractivity (Wildman–Crippen MR) is 129 cm³/mol. The number of anilines is 2. The van der Waals surface area contributed by atoms with Crippen molar-refractivity contribution in [2.24, 2.45) is 5.92 Å². The molecule has 0 aliphatic heterocycles. The average molecular weight is 611 g/mol. The van der Waals surface area contributed by atoms with E-state index in [0.29, 0.717) is 6.07 Å². The van der Waals surface area contributed by atoms with Crippen LogP contribution in [0.3, 0.4) is 0 Å². The molecule has 2 amide bonds. The van der Waals surface area contributed by atoms with Gasteiger partial charge in [0.15, 0.2) is 0 Å². The van der Waals surface area contributed by atoms with Crippen molar-refractivity contribution in [3.8, 4) is 0 Å². The number of amides is 2. The topological polar surface area (TPSA) is 58.2 Å². The van der Waals surface area contributed by atoms with Crippen molar-refractivity contribution < 1.29 is 27.2 Å². The Morgan fingerprint density at radius 2 is 1.63 bits per heavy atom. The molecular weight excluding hydrogens is 599 g/mol. The molecule has 4 nitrogen and oxygen atoms in total. The zero-order chi connectivity index (χ0) is 25.7. The van der Waals surface area contributed by atoms with Gasteiger partial charge in [0.2, 0.25) is 5.91 Å². The molecule has 1 aliphatic rings. The molecule has 1 saturated carbocycles. The van der Waals surface area contributed by atoms with Gasteiger partial charge in [0.05, 0.1) is 26.7 Å². The first kappa shape index (κ1) is 25.8. The highest BCUT2D eigenvalue weighted by molar-refractivity contribution is 9.10. The van der Waals surface area contributed by atoms with Crippen LogP contribution in [0.4, 0.5) is 28.9 Å². The number of hydrogen-bond acceptors (Lipinski definition) is 2. The monoisotopic (exact) mass is 608 g/mol. The minimum absolute atomic E-state index is 0.0111. The Morgan fingerprint density at radius 3 is 2.31 bits per heavy atom. The van der Waals surface area contributed by atoms with E-state index >= 15 is 0 Å². The van der Waals surface area contributed by atoms with Gasteiger partial charge in [0, 0.05) is 17.7 Å². The Hall–Kier alpha value is -2.33. The number of carbonyl (C=O) groups is 2. The maximum Gasteiger partial charge on any atom is 0.257 e. The zero-order valence-electron chi connectivity index (χ0n) is 17.1. The minimum Gasteiger partial charge on any atom is -0.326 e. The molecule has 0 bridgehead atoms. The van der Waals surface area contributed by atoms with Crippen molar-refractivity contribution in [2.75, 3.05) is 10.6 Å². The lowest BCUT2D eigenvalue weighted by atomic mass is 10.1. The van der Waals surface area contributed by atoms with Crippen LogP contribution in [-0.4, -0.2) is 16.1 Å². The van der Waals surface area contributed by atoms with E-state index in [0.717, 1.165) is 24.3 Å². The maximum absolute atomic E-state index is 14.5. The number of halogens is 8. The van der Waals surface area contributed by atoms with Gasteiger partial charge in [-0.05, 0) is 64.0 Å². The minimum atomic E-state index is -1.70. The van der Waals surface area contributed by atoms with Gasteiger partial charge in [-0.3, -0.25) is 9.59 Å². The second-order valence-electron chi connectivity index (χ2n) is 7.68. The number of rotatable bonds is 5. The lowest BCUT2D eigenvalue weighted by Crippen LogP contribution is -2.18. The molecule has 4 rings (SSSR count). The van der Waals surface area contributed by atoms with E-state index in [1.807, 2.05) is 0 Å². The van der Waals surface area contributed by atoms with Crippen LogP contribution >= 0.6 is 50.7 Å². The van der Waals surface area contributed by atoms with Gasteiger partial charge in [0.1, 0.15) is 27.6 Å². The van der Waals surface area contributed by atoms with Gasteiger partial charge >= 0.3 is 0 Å². The molecule has 1 fully saturated rings. The lowest BCUT2D eigenvalue weighted by Gasteiger charge is -2.11. The van der Waals surface area contributed by atoms with Crippen molar-refractivity contribution in [2.45, 2.75) is 10.3 Å². The van der Waals surface area contributed by atoms with Crippen LogP contribution in [0, 0.1) is 29.2 Å². The van der Waals surface area contributed by atoms with E-state index < -0.39 is 51.3 Å². The van der Waals surface area contributed by atoms with Crippen LogP contribution in [0.1, 0.15) is 21.8 Å². The zero-order valence-corrected chi connectivity index (χ0v) is 21.0. The number of nitrogens with one attached hydrogen (secondary N) is 2. The number of benzene rings is 3. The molecule has 0 radical (unpaired) electrons. The summed E-state index contributed by atoms with van der Waals surface area (Å²) in [7, 11) is 0. The fourth-order valence-electron chi connectivity index (χ4n) is 3.62. The standard InChI is InChI=1S/C23H12BrCl3F4N2O2/c24-14-6-10(29)5-13(20(14)31)18-19(23(18,26)27)22(35)32-11-2-3-15(25)12(8-11)21(34)33-17-4-1-9(28)7-16(17)30/h1-8,18-19H,(H,32,35)(H,33,34)/t18-,19+/m0/s1. The Labute approximate surface area is 219 Å². The van der Waals surface area contributed by atoms with Crippen molar-refractivity contribution in [1.29, 1.82) is 0 Å². The molecule has 0 spiro atoms. The fourth-order valence-corrected chi connectivity index (χ4v) is 5.08. The highest BCUT2D eigenvalue weighted by Crippen LogP contribution is 2.65. The van der Waals surface area contributed by atoms with Crippen molar-refractivity contribution in [1.82, 2.24) is 0 Å². The van der Waals surface area contributed by atoms with Crippen LogP contribution in [0.15, 0.2) is 53.0 Å². The highest BCUT2D eigenvalue weighted by Gasteiger charge is 2.68. The summed E-state index contributed by atoms with van der Waals surface area (Å²) < 4.78 is 53.5. The van der Waals surface area contributed by atoms with Gasteiger partial charge in [-0.2, -0.15) is 0 Å².